The maximum Gasteiger partial charge on any atom is 0.372 e. The summed E-state index contributed by atoms with van der Waals surface area (Å²) >= 11 is 0. The van der Waals surface area contributed by atoms with Crippen LogP contribution in [0.4, 0.5) is 0 Å². The van der Waals surface area contributed by atoms with Gasteiger partial charge in [-0.05, 0) is 18.2 Å². The molecule has 0 radical (unpaired) electrons. The highest BCUT2D eigenvalue weighted by Gasteiger charge is 2.19. The number of aromatic carboxylic acids is 1. The number of nitrogens with zero attached hydrogens (tertiary/aromatic N) is 1. The molecule has 2 rings (SSSR count). The molecule has 80 valence electrons. The first-order chi connectivity index (χ1) is 7.67. The van der Waals surface area contributed by atoms with E-state index in [-0.39, 0.29) is 11.7 Å². The minimum Gasteiger partial charge on any atom is -0.475 e. The summed E-state index contributed by atoms with van der Waals surface area (Å²) in [6.45, 7) is 0. The Bertz CT molecular complexity index is 606. The molecule has 0 fully saturated rings. The number of carboxylic acids is 1. The maximum atomic E-state index is 10.9. The highest BCUT2D eigenvalue weighted by molar-refractivity contribution is 6.03. The third kappa shape index (κ3) is 1.37. The molecule has 1 aromatic heterocycles. The summed E-state index contributed by atoms with van der Waals surface area (Å²) in [5.41, 5.74) is 0.420. The van der Waals surface area contributed by atoms with Crippen LogP contribution in [0.25, 0.3) is 10.8 Å². The van der Waals surface area contributed by atoms with Crippen LogP contribution in [0.2, 0.25) is 0 Å². The summed E-state index contributed by atoms with van der Waals surface area (Å²) in [7, 11) is 1.38. The number of rotatable bonds is 2. The number of methoxy groups -OCH3 is 1. The van der Waals surface area contributed by atoms with Gasteiger partial charge in [0.2, 0.25) is 5.76 Å². The molecule has 0 bridgehead atoms. The zero-order valence-corrected chi connectivity index (χ0v) is 8.35. The van der Waals surface area contributed by atoms with Crippen LogP contribution in [0, 0.1) is 11.3 Å². The van der Waals surface area contributed by atoms with Crippen molar-refractivity contribution in [3.05, 3.63) is 29.5 Å². The zero-order valence-electron chi connectivity index (χ0n) is 8.35. The van der Waals surface area contributed by atoms with Gasteiger partial charge in [0.05, 0.1) is 24.1 Å². The Kier molecular flexibility index (Phi) is 2.25. The lowest BCUT2D eigenvalue weighted by molar-refractivity contribution is 0.0659. The Labute approximate surface area is 90.5 Å². The number of carbonyl (C=O) groups is 1. The van der Waals surface area contributed by atoms with E-state index >= 15 is 0 Å². The first-order valence-corrected chi connectivity index (χ1v) is 4.41. The van der Waals surface area contributed by atoms with Crippen LogP contribution in [0.5, 0.6) is 5.95 Å². The number of nitriles is 1. The number of hydrogen-bond acceptors (Lipinski definition) is 4. The summed E-state index contributed by atoms with van der Waals surface area (Å²) in [6, 6.07) is 6.56. The van der Waals surface area contributed by atoms with Crippen LogP contribution in [0.1, 0.15) is 16.1 Å². The number of carboxylic acid groups (broad SMARTS) is 1. The monoisotopic (exact) mass is 217 g/mol. The fourth-order valence-electron chi connectivity index (χ4n) is 1.49. The zero-order chi connectivity index (χ0) is 11.7. The topological polar surface area (TPSA) is 83.5 Å². The van der Waals surface area contributed by atoms with Crippen molar-refractivity contribution in [3.63, 3.8) is 0 Å². The molecule has 0 unspecified atom stereocenters. The minimum absolute atomic E-state index is 0.101. The highest BCUT2D eigenvalue weighted by Crippen LogP contribution is 2.32. The van der Waals surface area contributed by atoms with E-state index in [1.807, 2.05) is 6.07 Å². The number of furan rings is 1. The van der Waals surface area contributed by atoms with Crippen molar-refractivity contribution in [1.82, 2.24) is 0 Å². The van der Waals surface area contributed by atoms with Crippen molar-refractivity contribution >= 4 is 16.7 Å². The second kappa shape index (κ2) is 3.59. The summed E-state index contributed by atoms with van der Waals surface area (Å²) in [4.78, 5) is 10.9. The Morgan fingerprint density at radius 1 is 1.50 bits per heavy atom. The van der Waals surface area contributed by atoms with Crippen molar-refractivity contribution in [1.29, 1.82) is 5.26 Å². The highest BCUT2D eigenvalue weighted by atomic mass is 16.6. The second-order valence-electron chi connectivity index (χ2n) is 3.10. The predicted octanol–water partition coefficient (Wildman–Crippen LogP) is 2.01. The third-order valence-corrected chi connectivity index (χ3v) is 2.19. The molecule has 0 saturated heterocycles. The van der Waals surface area contributed by atoms with Gasteiger partial charge < -0.3 is 14.3 Å². The van der Waals surface area contributed by atoms with Crippen molar-refractivity contribution in [2.24, 2.45) is 0 Å². The van der Waals surface area contributed by atoms with E-state index in [0.717, 1.165) is 0 Å². The Balaban J connectivity index is 2.80. The van der Waals surface area contributed by atoms with Crippen LogP contribution >= 0.6 is 0 Å². The number of fused-ring (bicyclic) bond motifs is 1. The molecule has 0 aliphatic rings. The second-order valence-corrected chi connectivity index (χ2v) is 3.10. The minimum atomic E-state index is -1.17. The lowest BCUT2D eigenvalue weighted by Crippen LogP contribution is -1.93. The van der Waals surface area contributed by atoms with Gasteiger partial charge in [-0.2, -0.15) is 5.26 Å². The largest absolute Gasteiger partial charge is 0.475 e. The normalized spacial score (nSPS) is 10.0. The van der Waals surface area contributed by atoms with Gasteiger partial charge in [0.15, 0.2) is 0 Å². The third-order valence-electron chi connectivity index (χ3n) is 2.19. The average molecular weight is 217 g/mol. The van der Waals surface area contributed by atoms with Gasteiger partial charge >= 0.3 is 5.97 Å². The van der Waals surface area contributed by atoms with Gasteiger partial charge in [-0.15, -0.1) is 0 Å². The number of hydrogen-bond donors (Lipinski definition) is 1. The maximum absolute atomic E-state index is 10.9. The molecular weight excluding hydrogens is 210 g/mol. The summed E-state index contributed by atoms with van der Waals surface area (Å²) in [5.74, 6) is -1.25. The standard InChI is InChI=1S/C11H7NO4/c1-15-11-8-4-6(5-12)2-3-7(8)9(16-11)10(13)14/h2-4H,1H3,(H,13,14). The van der Waals surface area contributed by atoms with Crippen LogP contribution in [-0.2, 0) is 0 Å². The molecule has 1 N–H and O–H groups in total. The molecule has 0 atom stereocenters. The van der Waals surface area contributed by atoms with Gasteiger partial charge in [0.1, 0.15) is 0 Å². The van der Waals surface area contributed by atoms with E-state index in [1.165, 1.54) is 25.3 Å². The first-order valence-electron chi connectivity index (χ1n) is 4.41. The van der Waals surface area contributed by atoms with E-state index in [4.69, 9.17) is 19.5 Å². The molecule has 1 aromatic carbocycles. The Hall–Kier alpha value is -2.48. The smallest absolute Gasteiger partial charge is 0.372 e. The van der Waals surface area contributed by atoms with Crippen molar-refractivity contribution in [2.75, 3.05) is 7.11 Å². The molecule has 1 heterocycles. The van der Waals surface area contributed by atoms with E-state index in [9.17, 15) is 4.79 Å². The van der Waals surface area contributed by atoms with Gasteiger partial charge in [-0.1, -0.05) is 0 Å². The molecule has 0 saturated carbocycles. The predicted molar refractivity (Wildman–Crippen MR) is 54.4 cm³/mol. The Morgan fingerprint density at radius 2 is 2.25 bits per heavy atom. The lowest BCUT2D eigenvalue weighted by atomic mass is 10.1. The van der Waals surface area contributed by atoms with E-state index < -0.39 is 5.97 Å². The molecule has 5 nitrogen and oxygen atoms in total. The summed E-state index contributed by atoms with van der Waals surface area (Å²) < 4.78 is 9.96. The van der Waals surface area contributed by atoms with Crippen molar-refractivity contribution < 1.29 is 19.1 Å². The molecule has 0 amide bonds. The molecule has 0 aliphatic carbocycles. The van der Waals surface area contributed by atoms with E-state index in [0.29, 0.717) is 16.3 Å². The van der Waals surface area contributed by atoms with Crippen LogP contribution in [0.15, 0.2) is 22.6 Å². The van der Waals surface area contributed by atoms with Crippen LogP contribution in [-0.4, -0.2) is 18.2 Å². The molecule has 0 aliphatic heterocycles. The molecular formula is C11H7NO4. The van der Waals surface area contributed by atoms with E-state index in [1.54, 1.807) is 0 Å². The fourth-order valence-corrected chi connectivity index (χ4v) is 1.49. The number of ether oxygens (including phenoxy) is 1. The van der Waals surface area contributed by atoms with Gasteiger partial charge in [-0.3, -0.25) is 0 Å². The molecule has 16 heavy (non-hydrogen) atoms. The van der Waals surface area contributed by atoms with Gasteiger partial charge in [0, 0.05) is 5.39 Å². The van der Waals surface area contributed by atoms with Gasteiger partial charge in [-0.25, -0.2) is 4.79 Å². The molecule has 0 spiro atoms. The SMILES string of the molecule is COc1oc(C(=O)O)c2ccc(C#N)cc12. The fraction of sp³-hybridized carbons (Fsp3) is 0.0909. The molecule has 2 aromatic rings. The van der Waals surface area contributed by atoms with Crippen molar-refractivity contribution in [2.45, 2.75) is 0 Å². The first kappa shape index (κ1) is 10.1. The summed E-state index contributed by atoms with van der Waals surface area (Å²) in [5, 5.41) is 18.5. The summed E-state index contributed by atoms with van der Waals surface area (Å²) in [6.07, 6.45) is 0. The van der Waals surface area contributed by atoms with E-state index in [2.05, 4.69) is 0 Å². The lowest BCUT2D eigenvalue weighted by Gasteiger charge is -1.93. The molecule has 5 heteroatoms. The van der Waals surface area contributed by atoms with Crippen molar-refractivity contribution in [3.8, 4) is 12.0 Å². The quantitative estimate of drug-likeness (QED) is 0.831. The van der Waals surface area contributed by atoms with Gasteiger partial charge in [0.25, 0.3) is 5.95 Å². The van der Waals surface area contributed by atoms with Crippen LogP contribution < -0.4 is 4.74 Å². The Morgan fingerprint density at radius 3 is 2.81 bits per heavy atom. The van der Waals surface area contributed by atoms with Crippen LogP contribution in [0.3, 0.4) is 0 Å². The average Bonchev–Trinajstić information content (AvgIpc) is 2.66. The number of benzene rings is 1.